The van der Waals surface area contributed by atoms with Gasteiger partial charge in [0.15, 0.2) is 0 Å². The van der Waals surface area contributed by atoms with Gasteiger partial charge in [-0.05, 0) is 24.1 Å². The van der Waals surface area contributed by atoms with Crippen molar-refractivity contribution in [3.8, 4) is 16.9 Å². The second-order valence-corrected chi connectivity index (χ2v) is 6.88. The Morgan fingerprint density at radius 2 is 1.88 bits per heavy atom. The third-order valence-electron chi connectivity index (χ3n) is 3.35. The Morgan fingerprint density at radius 1 is 1.17 bits per heavy atom. The molecule has 2 aromatic carbocycles. The van der Waals surface area contributed by atoms with Crippen LogP contribution in [0.5, 0.6) is 5.75 Å². The minimum Gasteiger partial charge on any atom is -0.449 e. The minimum atomic E-state index is -3.79. The molecule has 24 heavy (non-hydrogen) atoms. The lowest BCUT2D eigenvalue weighted by Gasteiger charge is -2.13. The zero-order chi connectivity index (χ0) is 17.6. The van der Waals surface area contributed by atoms with Crippen LogP contribution in [-0.2, 0) is 10.0 Å². The zero-order valence-electron chi connectivity index (χ0n) is 13.2. The Morgan fingerprint density at radius 3 is 2.50 bits per heavy atom. The van der Waals surface area contributed by atoms with E-state index in [-0.39, 0.29) is 10.6 Å². The number of nitrogens with one attached hydrogen (secondary N) is 1. The second kappa shape index (κ2) is 7.94. The van der Waals surface area contributed by atoms with Crippen molar-refractivity contribution >= 4 is 16.2 Å². The topological polar surface area (TPSA) is 92.7 Å². The van der Waals surface area contributed by atoms with Crippen LogP contribution in [0.3, 0.4) is 0 Å². The Kier molecular flexibility index (Phi) is 5.94. The highest BCUT2D eigenvalue weighted by Crippen LogP contribution is 2.30. The largest absolute Gasteiger partial charge is 0.511 e. The number of sulfonamides is 1. The van der Waals surface area contributed by atoms with Gasteiger partial charge in [-0.2, -0.15) is 0 Å². The molecule has 0 aromatic heterocycles. The molecule has 0 unspecified atom stereocenters. The van der Waals surface area contributed by atoms with E-state index < -0.39 is 16.2 Å². The van der Waals surface area contributed by atoms with Crippen LogP contribution < -0.4 is 9.46 Å². The average molecular weight is 349 g/mol. The number of carbonyl (C=O) groups is 1. The molecule has 0 heterocycles. The third-order valence-corrected chi connectivity index (χ3v) is 4.86. The lowest BCUT2D eigenvalue weighted by molar-refractivity contribution is 0.144. The van der Waals surface area contributed by atoms with Crippen molar-refractivity contribution in [1.82, 2.24) is 4.72 Å². The molecule has 0 atom stereocenters. The molecule has 0 fully saturated rings. The number of unbranched alkanes of at least 4 members (excludes halogenated alkanes) is 1. The standard InChI is InChI=1S/C17H19NO5S/c1-2-3-11-18-24(21,22)16-12-14(23-17(19)20)9-10-15(16)13-7-5-4-6-8-13/h4-10,12,18H,2-3,11H2,1H3,(H,19,20). The molecule has 2 aromatic rings. The van der Waals surface area contributed by atoms with Gasteiger partial charge in [-0.1, -0.05) is 43.7 Å². The van der Waals surface area contributed by atoms with E-state index in [0.717, 1.165) is 12.0 Å². The van der Waals surface area contributed by atoms with Gasteiger partial charge >= 0.3 is 6.16 Å². The molecule has 0 aliphatic heterocycles. The number of ether oxygens (including phenoxy) is 1. The highest BCUT2D eigenvalue weighted by Gasteiger charge is 2.20. The summed E-state index contributed by atoms with van der Waals surface area (Å²) in [5.41, 5.74) is 1.20. The third kappa shape index (κ3) is 4.56. The maximum atomic E-state index is 12.6. The quantitative estimate of drug-likeness (QED) is 0.453. The lowest BCUT2D eigenvalue weighted by Crippen LogP contribution is -2.25. The molecule has 7 heteroatoms. The van der Waals surface area contributed by atoms with E-state index in [4.69, 9.17) is 5.11 Å². The van der Waals surface area contributed by atoms with E-state index in [2.05, 4.69) is 9.46 Å². The Labute approximate surface area is 141 Å². The van der Waals surface area contributed by atoms with Crippen LogP contribution in [0.4, 0.5) is 4.79 Å². The summed E-state index contributed by atoms with van der Waals surface area (Å²) >= 11 is 0. The molecule has 0 spiro atoms. The van der Waals surface area contributed by atoms with E-state index in [9.17, 15) is 13.2 Å². The van der Waals surface area contributed by atoms with Crippen molar-refractivity contribution in [2.45, 2.75) is 24.7 Å². The average Bonchev–Trinajstić information content (AvgIpc) is 2.55. The van der Waals surface area contributed by atoms with Gasteiger partial charge in [-0.25, -0.2) is 17.9 Å². The van der Waals surface area contributed by atoms with Gasteiger partial charge in [0.05, 0.1) is 4.90 Å². The molecule has 6 nitrogen and oxygen atoms in total. The van der Waals surface area contributed by atoms with Crippen LogP contribution in [0.1, 0.15) is 19.8 Å². The van der Waals surface area contributed by atoms with Gasteiger partial charge < -0.3 is 9.84 Å². The maximum Gasteiger partial charge on any atom is 0.511 e. The van der Waals surface area contributed by atoms with Gasteiger partial charge in [-0.15, -0.1) is 0 Å². The van der Waals surface area contributed by atoms with Gasteiger partial charge in [0.25, 0.3) is 0 Å². The first kappa shape index (κ1) is 18.0. The molecule has 0 aliphatic carbocycles. The first-order chi connectivity index (χ1) is 11.4. The summed E-state index contributed by atoms with van der Waals surface area (Å²) in [7, 11) is -3.79. The van der Waals surface area contributed by atoms with Crippen molar-refractivity contribution in [3.05, 3.63) is 48.5 Å². The smallest absolute Gasteiger partial charge is 0.449 e. The van der Waals surface area contributed by atoms with Crippen molar-refractivity contribution in [2.24, 2.45) is 0 Å². The van der Waals surface area contributed by atoms with Crippen LogP contribution in [0, 0.1) is 0 Å². The predicted octanol–water partition coefficient (Wildman–Crippen LogP) is 3.49. The van der Waals surface area contributed by atoms with E-state index in [1.807, 2.05) is 13.0 Å². The molecule has 128 valence electrons. The Hall–Kier alpha value is -2.38. The summed E-state index contributed by atoms with van der Waals surface area (Å²) in [4.78, 5) is 10.7. The summed E-state index contributed by atoms with van der Waals surface area (Å²) in [6.07, 6.45) is 0.0753. The van der Waals surface area contributed by atoms with Crippen molar-refractivity contribution in [3.63, 3.8) is 0 Å². The predicted molar refractivity (Wildman–Crippen MR) is 90.6 cm³/mol. The molecule has 0 radical (unpaired) electrons. The lowest BCUT2D eigenvalue weighted by atomic mass is 10.1. The molecule has 0 aliphatic rings. The highest BCUT2D eigenvalue weighted by molar-refractivity contribution is 7.89. The normalized spacial score (nSPS) is 11.2. The van der Waals surface area contributed by atoms with Gasteiger partial charge in [0, 0.05) is 18.2 Å². The Bertz CT molecular complexity index is 803. The summed E-state index contributed by atoms with van der Waals surface area (Å²) < 4.78 is 32.4. The number of benzene rings is 2. The van der Waals surface area contributed by atoms with Crippen molar-refractivity contribution < 1.29 is 23.1 Å². The molecule has 0 saturated heterocycles. The molecule has 0 bridgehead atoms. The van der Waals surface area contributed by atoms with Crippen LogP contribution >= 0.6 is 0 Å². The monoisotopic (exact) mass is 349 g/mol. The second-order valence-electron chi connectivity index (χ2n) is 5.14. The van der Waals surface area contributed by atoms with Crippen molar-refractivity contribution in [1.29, 1.82) is 0 Å². The van der Waals surface area contributed by atoms with E-state index in [1.54, 1.807) is 30.3 Å². The number of rotatable bonds is 7. The zero-order valence-corrected chi connectivity index (χ0v) is 14.0. The SMILES string of the molecule is CCCCNS(=O)(=O)c1cc(OC(=O)O)ccc1-c1ccccc1. The van der Waals surface area contributed by atoms with Crippen LogP contribution in [-0.4, -0.2) is 26.2 Å². The van der Waals surface area contributed by atoms with E-state index in [1.165, 1.54) is 12.1 Å². The van der Waals surface area contributed by atoms with Crippen LogP contribution in [0.2, 0.25) is 0 Å². The summed E-state index contributed by atoms with van der Waals surface area (Å²) in [5.74, 6) is -0.0435. The fourth-order valence-corrected chi connectivity index (χ4v) is 3.52. The molecule has 0 amide bonds. The molecule has 2 N–H and O–H groups in total. The summed E-state index contributed by atoms with van der Waals surface area (Å²) in [6, 6.07) is 13.2. The summed E-state index contributed by atoms with van der Waals surface area (Å²) in [5, 5.41) is 8.73. The van der Waals surface area contributed by atoms with Gasteiger partial charge in [0.1, 0.15) is 5.75 Å². The van der Waals surface area contributed by atoms with Gasteiger partial charge in [-0.3, -0.25) is 0 Å². The van der Waals surface area contributed by atoms with E-state index in [0.29, 0.717) is 18.5 Å². The molecular formula is C17H19NO5S. The van der Waals surface area contributed by atoms with Crippen molar-refractivity contribution in [2.75, 3.05) is 6.54 Å². The number of hydrogen-bond donors (Lipinski definition) is 2. The molecular weight excluding hydrogens is 330 g/mol. The Balaban J connectivity index is 2.49. The highest BCUT2D eigenvalue weighted by atomic mass is 32.2. The fraction of sp³-hybridized carbons (Fsp3) is 0.235. The van der Waals surface area contributed by atoms with Gasteiger partial charge in [0.2, 0.25) is 10.0 Å². The maximum absolute atomic E-state index is 12.6. The first-order valence-corrected chi connectivity index (χ1v) is 9.02. The van der Waals surface area contributed by atoms with Crippen LogP contribution in [0.25, 0.3) is 11.1 Å². The number of hydrogen-bond acceptors (Lipinski definition) is 4. The minimum absolute atomic E-state index is 0.0106. The van der Waals surface area contributed by atoms with E-state index >= 15 is 0 Å². The number of carboxylic acid groups (broad SMARTS) is 1. The fourth-order valence-electron chi connectivity index (χ4n) is 2.21. The molecule has 2 rings (SSSR count). The first-order valence-electron chi connectivity index (χ1n) is 7.54. The summed E-state index contributed by atoms with van der Waals surface area (Å²) in [6.45, 7) is 2.28. The molecule has 0 saturated carbocycles. The van der Waals surface area contributed by atoms with Crippen LogP contribution in [0.15, 0.2) is 53.4 Å².